The fraction of sp³-hybridized carbons (Fsp3) is 0.973. The number of unbranched alkanes of at least 4 members (excludes halogenated alkanes) is 31. The normalized spacial score (nSPS) is 11.5. The van der Waals surface area contributed by atoms with Gasteiger partial charge in [0.25, 0.3) is 0 Å². The molecule has 0 saturated carbocycles. The minimum absolute atomic E-state index is 1.34. The summed E-state index contributed by atoms with van der Waals surface area (Å²) >= 11 is 2.10. The first-order chi connectivity index (χ1) is 18.9. The van der Waals surface area contributed by atoms with E-state index in [1.165, 1.54) is 218 Å². The summed E-state index contributed by atoms with van der Waals surface area (Å²) in [5.41, 5.74) is 0. The van der Waals surface area contributed by atoms with Crippen LogP contribution in [0, 0.1) is 5.75 Å². The molecule has 0 heterocycles. The minimum Gasteiger partial charge on any atom is -0.157 e. The lowest BCUT2D eigenvalue weighted by Crippen LogP contribution is -1.85. The second kappa shape index (κ2) is 37.4. The van der Waals surface area contributed by atoms with Crippen LogP contribution in [0.25, 0.3) is 0 Å². The molecule has 0 aliphatic carbocycles. The third-order valence-corrected chi connectivity index (χ3v) is 9.40. The molecule has 38 heavy (non-hydrogen) atoms. The Labute approximate surface area is 248 Å². The minimum atomic E-state index is 1.34. The number of rotatable bonds is 35. The molecule has 0 aromatic heterocycles. The van der Waals surface area contributed by atoms with E-state index in [9.17, 15) is 0 Å². The predicted octanol–water partition coefficient (Wildman–Crippen LogP) is 14.8. The van der Waals surface area contributed by atoms with Gasteiger partial charge in [-0.3, -0.25) is 0 Å². The van der Waals surface area contributed by atoms with Gasteiger partial charge < -0.3 is 0 Å². The van der Waals surface area contributed by atoms with Gasteiger partial charge in [-0.25, -0.2) is 0 Å². The molecular weight excluding hydrogens is 476 g/mol. The highest BCUT2D eigenvalue weighted by molar-refractivity contribution is 8.01. The molecule has 0 rings (SSSR count). The quantitative estimate of drug-likeness (QED) is 0.0706. The summed E-state index contributed by atoms with van der Waals surface area (Å²) in [7, 11) is 0. The predicted molar refractivity (Wildman–Crippen MR) is 180 cm³/mol. The maximum atomic E-state index is 2.51. The van der Waals surface area contributed by atoms with Crippen molar-refractivity contribution in [3.8, 4) is 0 Å². The number of hydrogen-bond donors (Lipinski definition) is 0. The Bertz CT molecular complexity index is 343. The first-order valence-corrected chi connectivity index (χ1v) is 19.4. The van der Waals surface area contributed by atoms with E-state index in [0.717, 1.165) is 0 Å². The molecule has 0 aromatic carbocycles. The molecule has 0 aromatic rings. The Morgan fingerprint density at radius 1 is 0.289 bits per heavy atom. The van der Waals surface area contributed by atoms with Crippen molar-refractivity contribution in [2.75, 3.05) is 5.75 Å². The van der Waals surface area contributed by atoms with Crippen LogP contribution in [-0.4, -0.2) is 5.75 Å². The van der Waals surface area contributed by atoms with Crippen LogP contribution in [0.2, 0.25) is 0 Å². The molecule has 0 saturated heterocycles. The van der Waals surface area contributed by atoms with Crippen LogP contribution < -0.4 is 0 Å². The van der Waals surface area contributed by atoms with Crippen molar-refractivity contribution >= 4 is 11.8 Å². The maximum Gasteiger partial charge on any atom is 0.0166 e. The van der Waals surface area contributed by atoms with Gasteiger partial charge in [-0.15, -0.1) is 0 Å². The molecule has 0 amide bonds. The Balaban J connectivity index is 3.01. The fourth-order valence-corrected chi connectivity index (χ4v) is 6.55. The lowest BCUT2D eigenvalue weighted by Gasteiger charge is -2.04. The van der Waals surface area contributed by atoms with Crippen molar-refractivity contribution < 1.29 is 0 Å². The third-order valence-electron chi connectivity index (χ3n) is 8.41. The standard InChI is InChI=1S/C37H75S/c1-3-5-7-9-11-13-15-16-17-18-19-20-21-22-23-24-25-27-29-31-33-35-37-38-36-34-32-30-28-26-14-12-10-8-6-4-2/h37H,3-36H2,1-2H3. The van der Waals surface area contributed by atoms with Crippen molar-refractivity contribution in [3.05, 3.63) is 5.75 Å². The molecule has 0 unspecified atom stereocenters. The highest BCUT2D eigenvalue weighted by Gasteiger charge is 1.97. The molecule has 0 aliphatic heterocycles. The zero-order valence-corrected chi connectivity index (χ0v) is 27.8. The monoisotopic (exact) mass is 552 g/mol. The smallest absolute Gasteiger partial charge is 0.0166 e. The van der Waals surface area contributed by atoms with Crippen molar-refractivity contribution in [3.63, 3.8) is 0 Å². The summed E-state index contributed by atoms with van der Waals surface area (Å²) < 4.78 is 0. The first-order valence-electron chi connectivity index (χ1n) is 18.3. The summed E-state index contributed by atoms with van der Waals surface area (Å²) in [6.07, 6.45) is 48.3. The second-order valence-electron chi connectivity index (χ2n) is 12.4. The molecule has 0 bridgehead atoms. The van der Waals surface area contributed by atoms with E-state index in [-0.39, 0.29) is 0 Å². The summed E-state index contributed by atoms with van der Waals surface area (Å²) in [6.45, 7) is 4.61. The Hall–Kier alpha value is 0.350. The molecular formula is C37H75S. The Morgan fingerprint density at radius 3 is 0.816 bits per heavy atom. The van der Waals surface area contributed by atoms with E-state index in [1.54, 1.807) is 0 Å². The van der Waals surface area contributed by atoms with Crippen LogP contribution in [-0.2, 0) is 0 Å². The van der Waals surface area contributed by atoms with Gasteiger partial charge in [-0.2, -0.15) is 11.8 Å². The summed E-state index contributed by atoms with van der Waals surface area (Å²) in [5.74, 6) is 3.86. The molecule has 0 aliphatic rings. The molecule has 0 spiro atoms. The second-order valence-corrected chi connectivity index (χ2v) is 13.5. The third kappa shape index (κ3) is 36.4. The molecule has 1 heteroatoms. The average molecular weight is 552 g/mol. The highest BCUT2D eigenvalue weighted by Crippen LogP contribution is 2.18. The van der Waals surface area contributed by atoms with Crippen LogP contribution in [0.15, 0.2) is 0 Å². The van der Waals surface area contributed by atoms with Crippen molar-refractivity contribution in [1.82, 2.24) is 0 Å². The van der Waals surface area contributed by atoms with E-state index in [0.29, 0.717) is 0 Å². The van der Waals surface area contributed by atoms with E-state index in [2.05, 4.69) is 31.4 Å². The largest absolute Gasteiger partial charge is 0.157 e. The number of thioether (sulfide) groups is 1. The van der Waals surface area contributed by atoms with Crippen LogP contribution in [0.5, 0.6) is 0 Å². The van der Waals surface area contributed by atoms with Crippen molar-refractivity contribution in [1.29, 1.82) is 0 Å². The zero-order valence-electron chi connectivity index (χ0n) is 27.0. The van der Waals surface area contributed by atoms with E-state index in [4.69, 9.17) is 0 Å². The molecule has 0 N–H and O–H groups in total. The topological polar surface area (TPSA) is 0 Å². The van der Waals surface area contributed by atoms with Gasteiger partial charge in [-0.05, 0) is 18.6 Å². The summed E-state index contributed by atoms with van der Waals surface area (Å²) in [4.78, 5) is 0. The summed E-state index contributed by atoms with van der Waals surface area (Å²) in [5, 5.41) is 0. The Kier molecular flexibility index (Phi) is 37.7. The van der Waals surface area contributed by atoms with Crippen LogP contribution in [0.4, 0.5) is 0 Å². The first kappa shape index (κ1) is 38.4. The summed E-state index contributed by atoms with van der Waals surface area (Å²) in [6, 6.07) is 0. The van der Waals surface area contributed by atoms with Gasteiger partial charge in [-0.1, -0.05) is 213 Å². The fourth-order valence-electron chi connectivity index (χ4n) is 5.68. The van der Waals surface area contributed by atoms with E-state index in [1.807, 2.05) is 0 Å². The van der Waals surface area contributed by atoms with Crippen molar-refractivity contribution in [2.45, 2.75) is 226 Å². The Morgan fingerprint density at radius 2 is 0.526 bits per heavy atom. The van der Waals surface area contributed by atoms with Crippen LogP contribution >= 0.6 is 11.8 Å². The molecule has 1 radical (unpaired) electrons. The van der Waals surface area contributed by atoms with E-state index >= 15 is 0 Å². The lowest BCUT2D eigenvalue weighted by atomic mass is 10.0. The van der Waals surface area contributed by atoms with Crippen molar-refractivity contribution in [2.24, 2.45) is 0 Å². The van der Waals surface area contributed by atoms with Gasteiger partial charge in [0.05, 0.1) is 0 Å². The average Bonchev–Trinajstić information content (AvgIpc) is 2.93. The molecule has 229 valence electrons. The molecule has 0 fully saturated rings. The van der Waals surface area contributed by atoms with Gasteiger partial charge >= 0.3 is 0 Å². The maximum absolute atomic E-state index is 2.51. The molecule has 0 nitrogen and oxygen atoms in total. The van der Waals surface area contributed by atoms with Crippen LogP contribution in [0.3, 0.4) is 0 Å². The van der Waals surface area contributed by atoms with Crippen LogP contribution in [0.1, 0.15) is 226 Å². The van der Waals surface area contributed by atoms with Gasteiger partial charge in [0, 0.05) is 5.75 Å². The zero-order chi connectivity index (χ0) is 27.5. The SMILES string of the molecule is CCCCCCCCCCCCCCCCCCCCCCC[CH]SCCCCCCCCCCCCC. The van der Waals surface area contributed by atoms with Gasteiger partial charge in [0.15, 0.2) is 0 Å². The van der Waals surface area contributed by atoms with Gasteiger partial charge in [0.1, 0.15) is 0 Å². The van der Waals surface area contributed by atoms with E-state index < -0.39 is 0 Å². The molecule has 0 atom stereocenters. The van der Waals surface area contributed by atoms with Gasteiger partial charge in [0.2, 0.25) is 0 Å². The highest BCUT2D eigenvalue weighted by atomic mass is 32.2. The lowest BCUT2D eigenvalue weighted by molar-refractivity contribution is 0.520. The number of hydrogen-bond acceptors (Lipinski definition) is 1.